The van der Waals surface area contributed by atoms with Crippen LogP contribution in [0.3, 0.4) is 0 Å². The molecular weight excluding hydrogens is 346 g/mol. The minimum Gasteiger partial charge on any atom is -0.325 e. The van der Waals surface area contributed by atoms with Crippen LogP contribution >= 0.6 is 23.4 Å². The molecule has 0 aliphatic rings. The number of tetrazole rings is 1. The first-order valence-electron chi connectivity index (χ1n) is 7.16. The van der Waals surface area contributed by atoms with Gasteiger partial charge in [-0.3, -0.25) is 4.79 Å². The predicted octanol–water partition coefficient (Wildman–Crippen LogP) is 3.35. The van der Waals surface area contributed by atoms with Crippen molar-refractivity contribution in [3.8, 4) is 5.69 Å². The van der Waals surface area contributed by atoms with Gasteiger partial charge in [0, 0.05) is 10.7 Å². The molecule has 3 rings (SSSR count). The first kappa shape index (κ1) is 16.5. The lowest BCUT2D eigenvalue weighted by Gasteiger charge is -2.08. The topological polar surface area (TPSA) is 72.7 Å². The highest BCUT2D eigenvalue weighted by molar-refractivity contribution is 7.99. The quantitative estimate of drug-likeness (QED) is 0.707. The molecule has 0 aliphatic carbocycles. The van der Waals surface area contributed by atoms with Crippen molar-refractivity contribution in [1.82, 2.24) is 20.2 Å². The summed E-state index contributed by atoms with van der Waals surface area (Å²) in [4.78, 5) is 12.1. The van der Waals surface area contributed by atoms with Gasteiger partial charge in [0.15, 0.2) is 0 Å². The van der Waals surface area contributed by atoms with Crippen LogP contribution < -0.4 is 5.32 Å². The summed E-state index contributed by atoms with van der Waals surface area (Å²) >= 11 is 7.15. The average molecular weight is 360 g/mol. The molecule has 0 fully saturated rings. The van der Waals surface area contributed by atoms with E-state index in [9.17, 15) is 4.79 Å². The summed E-state index contributed by atoms with van der Waals surface area (Å²) in [6.07, 6.45) is 0. The molecule has 1 heterocycles. The van der Waals surface area contributed by atoms with Crippen LogP contribution in [0.15, 0.2) is 53.7 Å². The van der Waals surface area contributed by atoms with Gasteiger partial charge in [0.05, 0.1) is 11.4 Å². The molecule has 0 bridgehead atoms. The minimum absolute atomic E-state index is 0.111. The molecule has 6 nitrogen and oxygen atoms in total. The number of nitrogens with zero attached hydrogens (tertiary/aromatic N) is 4. The second-order valence-corrected chi connectivity index (χ2v) is 6.38. The number of nitrogens with one attached hydrogen (secondary N) is 1. The third kappa shape index (κ3) is 3.93. The molecule has 0 unspecified atom stereocenters. The maximum Gasteiger partial charge on any atom is 0.234 e. The highest BCUT2D eigenvalue weighted by Gasteiger charge is 2.12. The van der Waals surface area contributed by atoms with Gasteiger partial charge in [-0.15, -0.1) is 5.10 Å². The second kappa shape index (κ2) is 7.46. The highest BCUT2D eigenvalue weighted by atomic mass is 35.5. The Morgan fingerprint density at radius 2 is 1.96 bits per heavy atom. The standard InChI is InChI=1S/C16H14ClN5OS/c1-11-4-2-3-5-14(11)18-15(23)10-24-16-19-20-21-22(16)13-8-6-12(17)7-9-13/h2-9H,10H2,1H3,(H,18,23). The number of halogens is 1. The summed E-state index contributed by atoms with van der Waals surface area (Å²) in [5.74, 6) is 0.0995. The van der Waals surface area contributed by atoms with Crippen molar-refractivity contribution >= 4 is 35.0 Å². The lowest BCUT2D eigenvalue weighted by Crippen LogP contribution is -2.15. The lowest BCUT2D eigenvalue weighted by atomic mass is 10.2. The number of rotatable bonds is 5. The van der Waals surface area contributed by atoms with Gasteiger partial charge in [0.2, 0.25) is 11.1 Å². The van der Waals surface area contributed by atoms with Crippen molar-refractivity contribution in [2.45, 2.75) is 12.1 Å². The molecule has 1 amide bonds. The number of thioether (sulfide) groups is 1. The van der Waals surface area contributed by atoms with Crippen molar-refractivity contribution in [2.75, 3.05) is 11.1 Å². The van der Waals surface area contributed by atoms with Gasteiger partial charge in [0.1, 0.15) is 0 Å². The third-order valence-electron chi connectivity index (χ3n) is 3.26. The van der Waals surface area contributed by atoms with Crippen LogP contribution in [0.4, 0.5) is 5.69 Å². The smallest absolute Gasteiger partial charge is 0.234 e. The molecule has 1 aromatic heterocycles. The van der Waals surface area contributed by atoms with Gasteiger partial charge in [-0.1, -0.05) is 41.6 Å². The van der Waals surface area contributed by atoms with Crippen molar-refractivity contribution in [3.63, 3.8) is 0 Å². The van der Waals surface area contributed by atoms with Gasteiger partial charge >= 0.3 is 0 Å². The Kier molecular flexibility index (Phi) is 5.12. The summed E-state index contributed by atoms with van der Waals surface area (Å²) in [7, 11) is 0. The molecule has 1 N–H and O–H groups in total. The zero-order chi connectivity index (χ0) is 16.9. The molecule has 0 saturated heterocycles. The SMILES string of the molecule is Cc1ccccc1NC(=O)CSc1nnnn1-c1ccc(Cl)cc1. The van der Waals surface area contributed by atoms with E-state index in [0.717, 1.165) is 16.9 Å². The van der Waals surface area contributed by atoms with E-state index in [1.165, 1.54) is 11.8 Å². The van der Waals surface area contributed by atoms with Crippen LogP contribution in [0.1, 0.15) is 5.56 Å². The summed E-state index contributed by atoms with van der Waals surface area (Å²) in [5, 5.41) is 15.7. The van der Waals surface area contributed by atoms with Crippen molar-refractivity contribution in [1.29, 1.82) is 0 Å². The molecular formula is C16H14ClN5OS. The highest BCUT2D eigenvalue weighted by Crippen LogP contribution is 2.20. The molecule has 0 radical (unpaired) electrons. The first-order chi connectivity index (χ1) is 11.6. The maximum atomic E-state index is 12.1. The van der Waals surface area contributed by atoms with Gasteiger partial charge in [-0.05, 0) is 53.2 Å². The fourth-order valence-corrected chi connectivity index (χ4v) is 2.86. The molecule has 122 valence electrons. The number of amides is 1. The molecule has 24 heavy (non-hydrogen) atoms. The van der Waals surface area contributed by atoms with Crippen LogP contribution in [0, 0.1) is 6.92 Å². The Balaban J connectivity index is 1.65. The normalized spacial score (nSPS) is 10.6. The molecule has 2 aromatic carbocycles. The number of carbonyl (C=O) groups is 1. The summed E-state index contributed by atoms with van der Waals surface area (Å²) in [5.41, 5.74) is 2.61. The molecule has 8 heteroatoms. The average Bonchev–Trinajstić information content (AvgIpc) is 3.04. The van der Waals surface area contributed by atoms with Crippen molar-refractivity contribution in [2.24, 2.45) is 0 Å². The summed E-state index contributed by atoms with van der Waals surface area (Å²) in [6.45, 7) is 1.95. The monoisotopic (exact) mass is 359 g/mol. The largest absolute Gasteiger partial charge is 0.325 e. The zero-order valence-corrected chi connectivity index (χ0v) is 14.4. The zero-order valence-electron chi connectivity index (χ0n) is 12.8. The van der Waals surface area contributed by atoms with Crippen molar-refractivity contribution in [3.05, 3.63) is 59.1 Å². The van der Waals surface area contributed by atoms with E-state index < -0.39 is 0 Å². The maximum absolute atomic E-state index is 12.1. The van der Waals surface area contributed by atoms with E-state index in [1.807, 2.05) is 43.3 Å². The Labute approximate surface area is 148 Å². The van der Waals surface area contributed by atoms with Crippen LogP contribution in [0.5, 0.6) is 0 Å². The van der Waals surface area contributed by atoms with Crippen LogP contribution in [-0.2, 0) is 4.79 Å². The van der Waals surface area contributed by atoms with E-state index in [-0.39, 0.29) is 11.7 Å². The number of hydrogen-bond donors (Lipinski definition) is 1. The van der Waals surface area contributed by atoms with E-state index in [4.69, 9.17) is 11.6 Å². The molecule has 0 aliphatic heterocycles. The molecule has 3 aromatic rings. The number of carbonyl (C=O) groups excluding carboxylic acids is 1. The molecule has 0 spiro atoms. The van der Waals surface area contributed by atoms with Crippen LogP contribution in [-0.4, -0.2) is 31.9 Å². The lowest BCUT2D eigenvalue weighted by molar-refractivity contribution is -0.113. The molecule has 0 saturated carbocycles. The summed E-state index contributed by atoms with van der Waals surface area (Å²) < 4.78 is 1.57. The number of aromatic nitrogens is 4. The Morgan fingerprint density at radius 1 is 1.21 bits per heavy atom. The number of anilines is 1. The van der Waals surface area contributed by atoms with E-state index in [1.54, 1.807) is 16.8 Å². The number of para-hydroxylation sites is 1. The Bertz CT molecular complexity index is 850. The predicted molar refractivity (Wildman–Crippen MR) is 94.7 cm³/mol. The third-order valence-corrected chi connectivity index (χ3v) is 4.43. The second-order valence-electron chi connectivity index (χ2n) is 5.00. The fourth-order valence-electron chi connectivity index (χ4n) is 2.04. The minimum atomic E-state index is -0.111. The Hall–Kier alpha value is -2.38. The molecule has 0 atom stereocenters. The van der Waals surface area contributed by atoms with E-state index in [0.29, 0.717) is 10.2 Å². The van der Waals surface area contributed by atoms with Crippen molar-refractivity contribution < 1.29 is 4.79 Å². The Morgan fingerprint density at radius 3 is 2.71 bits per heavy atom. The van der Waals surface area contributed by atoms with Gasteiger partial charge in [-0.25, -0.2) is 0 Å². The van der Waals surface area contributed by atoms with Gasteiger partial charge < -0.3 is 5.32 Å². The summed E-state index contributed by atoms with van der Waals surface area (Å²) in [6, 6.07) is 14.8. The van der Waals surface area contributed by atoms with Crippen LogP contribution in [0.25, 0.3) is 5.69 Å². The van der Waals surface area contributed by atoms with E-state index >= 15 is 0 Å². The van der Waals surface area contributed by atoms with Gasteiger partial charge in [0.25, 0.3) is 0 Å². The fraction of sp³-hybridized carbons (Fsp3) is 0.125. The number of benzene rings is 2. The van der Waals surface area contributed by atoms with E-state index in [2.05, 4.69) is 20.8 Å². The number of hydrogen-bond acceptors (Lipinski definition) is 5. The van der Waals surface area contributed by atoms with Crippen LogP contribution in [0.2, 0.25) is 5.02 Å². The number of aryl methyl sites for hydroxylation is 1. The first-order valence-corrected chi connectivity index (χ1v) is 8.52. The van der Waals surface area contributed by atoms with Gasteiger partial charge in [-0.2, -0.15) is 4.68 Å².